The van der Waals surface area contributed by atoms with E-state index in [0.29, 0.717) is 18.8 Å². The van der Waals surface area contributed by atoms with Crippen LogP contribution < -0.4 is 25.5 Å². The highest BCUT2D eigenvalue weighted by atomic mass is 79.9. The Morgan fingerprint density at radius 1 is 1.04 bits per heavy atom. The Morgan fingerprint density at radius 2 is 1.79 bits per heavy atom. The van der Waals surface area contributed by atoms with E-state index in [4.69, 9.17) is 9.47 Å². The number of anilines is 2. The van der Waals surface area contributed by atoms with E-state index in [9.17, 15) is 14.7 Å². The van der Waals surface area contributed by atoms with Crippen molar-refractivity contribution in [1.29, 1.82) is 0 Å². The summed E-state index contributed by atoms with van der Waals surface area (Å²) >= 11 is 3.70. The molecule has 0 radical (unpaired) electrons. The minimum atomic E-state index is -2.52. The Hall–Kier alpha value is -4.33. The highest BCUT2D eigenvalue weighted by Crippen LogP contribution is 2.60. The zero-order valence-electron chi connectivity index (χ0n) is 33.2. The average Bonchev–Trinajstić information content (AvgIpc) is 3.64. The van der Waals surface area contributed by atoms with Crippen LogP contribution in [-0.4, -0.2) is 75.3 Å². The topological polar surface area (TPSA) is 120 Å². The van der Waals surface area contributed by atoms with Crippen LogP contribution >= 0.6 is 15.9 Å². The SMILES string of the molecule is COc1ccc([Si](C)(C)[C@@H]2[C@@H](CC(=O)N(CCO)Cc3ccccc3)O[C@]3(C(=O)N(Cc4cccc(NC(=O)C5CCCNC5)c4)c4ccc(Br)cc43)[C@H]2C)cc1. The van der Waals surface area contributed by atoms with Crippen LogP contribution in [0.25, 0.3) is 0 Å². The molecule has 12 heteroatoms. The van der Waals surface area contributed by atoms with Gasteiger partial charge in [0, 0.05) is 41.3 Å². The van der Waals surface area contributed by atoms with Gasteiger partial charge in [-0.2, -0.15) is 0 Å². The van der Waals surface area contributed by atoms with Crippen molar-refractivity contribution in [3.8, 4) is 5.75 Å². The molecule has 7 rings (SSSR count). The number of carbonyl (C=O) groups is 3. The second kappa shape index (κ2) is 17.3. The number of nitrogens with zero attached hydrogens (tertiary/aromatic N) is 2. The fourth-order valence-electron chi connectivity index (χ4n) is 9.41. The molecule has 3 N–H and O–H groups in total. The lowest BCUT2D eigenvalue weighted by molar-refractivity contribution is -0.150. The number of benzene rings is 4. The number of ether oxygens (including phenoxy) is 2. The smallest absolute Gasteiger partial charge is 0.264 e. The van der Waals surface area contributed by atoms with Crippen LogP contribution in [-0.2, 0) is 37.8 Å². The fraction of sp³-hybridized carbons (Fsp3) is 0.400. The normalized spacial score (nSPS) is 23.1. The van der Waals surface area contributed by atoms with E-state index in [-0.39, 0.29) is 61.2 Å². The first-order valence-electron chi connectivity index (χ1n) is 19.9. The molecule has 2 saturated heterocycles. The highest BCUT2D eigenvalue weighted by molar-refractivity contribution is 9.10. The quantitative estimate of drug-likeness (QED) is 0.130. The summed E-state index contributed by atoms with van der Waals surface area (Å²) < 4.78 is 13.6. The van der Waals surface area contributed by atoms with Gasteiger partial charge in [-0.05, 0) is 78.5 Å². The van der Waals surface area contributed by atoms with Crippen LogP contribution in [0, 0.1) is 11.8 Å². The molecule has 0 aromatic heterocycles. The monoisotopic (exact) mass is 852 g/mol. The summed E-state index contributed by atoms with van der Waals surface area (Å²) in [6.07, 6.45) is 1.30. The number of aliphatic hydroxyl groups excluding tert-OH is 1. The predicted octanol–water partition coefficient (Wildman–Crippen LogP) is 6.57. The van der Waals surface area contributed by atoms with Crippen molar-refractivity contribution in [1.82, 2.24) is 10.2 Å². The maximum absolute atomic E-state index is 15.4. The number of hydrogen-bond donors (Lipinski definition) is 3. The molecular weight excluding hydrogens is 801 g/mol. The van der Waals surface area contributed by atoms with Gasteiger partial charge >= 0.3 is 0 Å². The van der Waals surface area contributed by atoms with Crippen LogP contribution in [0.1, 0.15) is 42.9 Å². The molecule has 0 aliphatic carbocycles. The van der Waals surface area contributed by atoms with Gasteiger partial charge in [-0.15, -0.1) is 0 Å². The number of rotatable bonds is 13. The van der Waals surface area contributed by atoms with Gasteiger partial charge in [0.25, 0.3) is 5.91 Å². The van der Waals surface area contributed by atoms with Crippen LogP contribution in [0.3, 0.4) is 0 Å². The highest BCUT2D eigenvalue weighted by Gasteiger charge is 2.66. The van der Waals surface area contributed by atoms with Crippen LogP contribution in [0.2, 0.25) is 18.6 Å². The molecule has 10 nitrogen and oxygen atoms in total. The maximum Gasteiger partial charge on any atom is 0.264 e. The van der Waals surface area contributed by atoms with E-state index in [1.165, 1.54) is 5.19 Å². The van der Waals surface area contributed by atoms with Crippen molar-refractivity contribution >= 4 is 58.3 Å². The van der Waals surface area contributed by atoms with Gasteiger partial charge < -0.3 is 35.0 Å². The van der Waals surface area contributed by atoms with E-state index in [0.717, 1.165) is 52.0 Å². The number of piperidine rings is 1. The van der Waals surface area contributed by atoms with Crippen molar-refractivity contribution < 1.29 is 29.0 Å². The number of amides is 3. The van der Waals surface area contributed by atoms with Gasteiger partial charge in [-0.3, -0.25) is 14.4 Å². The molecule has 0 saturated carbocycles. The Bertz CT molecular complexity index is 2080. The Kier molecular flexibility index (Phi) is 12.4. The minimum absolute atomic E-state index is 0.00415. The zero-order valence-corrected chi connectivity index (χ0v) is 35.8. The van der Waals surface area contributed by atoms with Gasteiger partial charge in [0.05, 0.1) is 52.5 Å². The first-order chi connectivity index (χ1) is 27.5. The average molecular weight is 854 g/mol. The second-order valence-corrected chi connectivity index (χ2v) is 21.8. The minimum Gasteiger partial charge on any atom is -0.497 e. The molecule has 57 heavy (non-hydrogen) atoms. The number of methoxy groups -OCH3 is 1. The van der Waals surface area contributed by atoms with Crippen LogP contribution in [0.4, 0.5) is 11.4 Å². The number of nitrogens with one attached hydrogen (secondary N) is 2. The fourth-order valence-corrected chi connectivity index (χ4v) is 13.8. The van der Waals surface area contributed by atoms with Gasteiger partial charge in [0.2, 0.25) is 11.8 Å². The molecule has 4 aromatic carbocycles. The standard InChI is InChI=1S/C45H53BrN4O6Si/c1-30-42(57(3,4)37-18-16-36(55-2)17-19-37)40(26-41(52)49(22-23-51)28-31-10-6-5-7-11-31)56-45(30)38-25-34(46)15-20-39(38)50(44(45)54)29-32-12-8-14-35(24-32)48-43(53)33-13-9-21-47-27-33/h5-8,10-12,14-20,24-25,30,33,40,42,47,51H,9,13,21-23,26-29H2,1-4H3,(H,48,53)/t30-,33?,40+,42-,45+/m0/s1. The number of carbonyl (C=O) groups excluding carboxylic acids is 3. The van der Waals surface area contributed by atoms with E-state index >= 15 is 4.79 Å². The Morgan fingerprint density at radius 3 is 2.49 bits per heavy atom. The molecule has 1 spiro atoms. The first-order valence-corrected chi connectivity index (χ1v) is 23.8. The Balaban J connectivity index is 1.24. The van der Waals surface area contributed by atoms with Gasteiger partial charge in [-0.1, -0.05) is 95.7 Å². The Labute approximate surface area is 345 Å². The van der Waals surface area contributed by atoms with Crippen LogP contribution in [0.5, 0.6) is 5.75 Å². The summed E-state index contributed by atoms with van der Waals surface area (Å²) in [7, 11) is -0.871. The van der Waals surface area contributed by atoms with E-state index in [1.807, 2.05) is 84.9 Å². The maximum atomic E-state index is 15.4. The molecule has 4 aromatic rings. The predicted molar refractivity (Wildman–Crippen MR) is 229 cm³/mol. The molecule has 1 unspecified atom stereocenters. The summed E-state index contributed by atoms with van der Waals surface area (Å²) in [5.74, 6) is 0.0720. The molecule has 2 fully saturated rings. The van der Waals surface area contributed by atoms with Gasteiger partial charge in [-0.25, -0.2) is 0 Å². The van der Waals surface area contributed by atoms with Crippen molar-refractivity contribution in [3.05, 3.63) is 118 Å². The van der Waals surface area contributed by atoms with Crippen molar-refractivity contribution in [2.45, 2.75) is 69.6 Å². The van der Waals surface area contributed by atoms with E-state index < -0.39 is 19.8 Å². The largest absolute Gasteiger partial charge is 0.497 e. The molecule has 3 amide bonds. The summed E-state index contributed by atoms with van der Waals surface area (Å²) in [5, 5.41) is 17.6. The summed E-state index contributed by atoms with van der Waals surface area (Å²) in [6.45, 7) is 8.96. The number of aliphatic hydroxyl groups is 1. The van der Waals surface area contributed by atoms with Crippen molar-refractivity contribution in [3.63, 3.8) is 0 Å². The molecule has 0 bridgehead atoms. The lowest BCUT2D eigenvalue weighted by Crippen LogP contribution is -2.52. The van der Waals surface area contributed by atoms with Crippen LogP contribution in [0.15, 0.2) is 102 Å². The summed E-state index contributed by atoms with van der Waals surface area (Å²) in [5.41, 5.74) is 2.57. The number of hydrogen-bond acceptors (Lipinski definition) is 7. The van der Waals surface area contributed by atoms with E-state index in [1.54, 1.807) is 16.9 Å². The second-order valence-electron chi connectivity index (χ2n) is 16.2. The molecule has 3 heterocycles. The third kappa shape index (κ3) is 8.20. The van der Waals surface area contributed by atoms with Gasteiger partial charge in [0.15, 0.2) is 5.60 Å². The third-order valence-electron chi connectivity index (χ3n) is 12.3. The third-order valence-corrected chi connectivity index (χ3v) is 17.2. The zero-order chi connectivity index (χ0) is 40.3. The molecule has 300 valence electrons. The lowest BCUT2D eigenvalue weighted by Gasteiger charge is -2.37. The molecular formula is C45H53BrN4O6Si. The first kappa shape index (κ1) is 40.8. The molecule has 3 aliphatic rings. The summed E-state index contributed by atoms with van der Waals surface area (Å²) in [4.78, 5) is 46.4. The summed E-state index contributed by atoms with van der Waals surface area (Å²) in [6, 6.07) is 31.5. The van der Waals surface area contributed by atoms with E-state index in [2.05, 4.69) is 58.7 Å². The molecule has 3 aliphatic heterocycles. The lowest BCUT2D eigenvalue weighted by atomic mass is 9.82. The van der Waals surface area contributed by atoms with Crippen molar-refractivity contribution in [2.75, 3.05) is 43.6 Å². The number of fused-ring (bicyclic) bond motifs is 2. The molecule has 5 atom stereocenters. The van der Waals surface area contributed by atoms with Gasteiger partial charge in [0.1, 0.15) is 5.75 Å². The van der Waals surface area contributed by atoms with Crippen molar-refractivity contribution in [2.24, 2.45) is 11.8 Å². The number of halogens is 1.